The van der Waals surface area contributed by atoms with E-state index >= 15 is 0 Å². The first-order chi connectivity index (χ1) is 8.30. The average molecular weight is 224 g/mol. The molecule has 0 saturated heterocycles. The zero-order valence-electron chi connectivity index (χ0n) is 10.2. The van der Waals surface area contributed by atoms with Gasteiger partial charge in [0.1, 0.15) is 0 Å². The van der Waals surface area contributed by atoms with Crippen molar-refractivity contribution < 1.29 is 0 Å². The molecule has 17 heavy (non-hydrogen) atoms. The maximum absolute atomic E-state index is 8.87. The first kappa shape index (κ1) is 11.5. The summed E-state index contributed by atoms with van der Waals surface area (Å²) >= 11 is 0. The van der Waals surface area contributed by atoms with Crippen LogP contribution in [0.1, 0.15) is 37.8 Å². The van der Waals surface area contributed by atoms with Crippen molar-refractivity contribution in [3.05, 3.63) is 41.6 Å². The molecule has 1 N–H and O–H groups in total. The molecule has 2 heteroatoms. The van der Waals surface area contributed by atoms with Crippen molar-refractivity contribution in [2.45, 2.75) is 26.7 Å². The predicted molar refractivity (Wildman–Crippen MR) is 71.6 cm³/mol. The van der Waals surface area contributed by atoms with E-state index in [1.807, 2.05) is 24.4 Å². The molecule has 0 aliphatic rings. The molecule has 86 valence electrons. The molecule has 0 aliphatic carbocycles. The molecule has 0 atom stereocenters. The first-order valence-electron chi connectivity index (χ1n) is 6.00. The smallest absolute Gasteiger partial charge is 0.0992 e. The Morgan fingerprint density at radius 1 is 1.41 bits per heavy atom. The van der Waals surface area contributed by atoms with Crippen LogP contribution in [0, 0.1) is 11.3 Å². The molecule has 0 bridgehead atoms. The molecule has 0 radical (unpaired) electrons. The highest BCUT2D eigenvalue weighted by Crippen LogP contribution is 2.27. The summed E-state index contributed by atoms with van der Waals surface area (Å²) in [7, 11) is 0. The summed E-state index contributed by atoms with van der Waals surface area (Å²) in [5.74, 6) is 0. The molecular weight excluding hydrogens is 208 g/mol. The van der Waals surface area contributed by atoms with E-state index in [4.69, 9.17) is 5.26 Å². The van der Waals surface area contributed by atoms with E-state index in [2.05, 4.69) is 31.0 Å². The number of hydrogen-bond acceptors (Lipinski definition) is 1. The second-order valence-electron chi connectivity index (χ2n) is 4.07. The lowest BCUT2D eigenvalue weighted by Gasteiger charge is -2.02. The van der Waals surface area contributed by atoms with E-state index in [9.17, 15) is 0 Å². The molecule has 1 aromatic heterocycles. The molecule has 0 amide bonds. The summed E-state index contributed by atoms with van der Waals surface area (Å²) in [6, 6.07) is 7.96. The topological polar surface area (TPSA) is 39.6 Å². The minimum Gasteiger partial charge on any atom is -0.361 e. The number of rotatable bonds is 3. The molecule has 0 aliphatic heterocycles. The van der Waals surface area contributed by atoms with E-state index in [0.29, 0.717) is 5.56 Å². The minimum absolute atomic E-state index is 0.698. The molecule has 2 nitrogen and oxygen atoms in total. The highest BCUT2D eigenvalue weighted by Gasteiger charge is 2.07. The number of nitriles is 1. The Morgan fingerprint density at radius 2 is 2.24 bits per heavy atom. The van der Waals surface area contributed by atoms with Gasteiger partial charge in [0.15, 0.2) is 0 Å². The van der Waals surface area contributed by atoms with Gasteiger partial charge in [-0.1, -0.05) is 26.0 Å². The molecule has 2 aromatic rings. The molecule has 0 fully saturated rings. The summed E-state index contributed by atoms with van der Waals surface area (Å²) in [6.07, 6.45) is 6.38. The third-order valence-electron chi connectivity index (χ3n) is 2.99. The van der Waals surface area contributed by atoms with Crippen LogP contribution in [0.15, 0.2) is 30.5 Å². The van der Waals surface area contributed by atoms with Crippen molar-refractivity contribution >= 4 is 16.5 Å². The maximum atomic E-state index is 8.87. The van der Waals surface area contributed by atoms with Gasteiger partial charge in [0.2, 0.25) is 0 Å². The fourth-order valence-corrected chi connectivity index (χ4v) is 2.15. The van der Waals surface area contributed by atoms with Crippen molar-refractivity contribution in [3.63, 3.8) is 0 Å². The Hall–Kier alpha value is -2.01. The van der Waals surface area contributed by atoms with Gasteiger partial charge in [-0.3, -0.25) is 0 Å². The van der Waals surface area contributed by atoms with Crippen LogP contribution < -0.4 is 0 Å². The number of hydrogen-bond donors (Lipinski definition) is 1. The van der Waals surface area contributed by atoms with Gasteiger partial charge in [-0.15, -0.1) is 0 Å². The van der Waals surface area contributed by atoms with Crippen LogP contribution in [0.3, 0.4) is 0 Å². The minimum atomic E-state index is 0.698. The number of nitrogens with zero attached hydrogens (tertiary/aromatic N) is 1. The molecule has 1 heterocycles. The highest BCUT2D eigenvalue weighted by molar-refractivity contribution is 5.93. The molecule has 2 rings (SSSR count). The number of fused-ring (bicyclic) bond motifs is 1. The average Bonchev–Trinajstić information content (AvgIpc) is 2.78. The summed E-state index contributed by atoms with van der Waals surface area (Å²) in [5.41, 5.74) is 4.36. The fraction of sp³-hybridized carbons (Fsp3) is 0.267. The largest absolute Gasteiger partial charge is 0.361 e. The Kier molecular flexibility index (Phi) is 3.30. The van der Waals surface area contributed by atoms with Gasteiger partial charge in [-0.2, -0.15) is 5.26 Å². The van der Waals surface area contributed by atoms with Crippen molar-refractivity contribution in [1.29, 1.82) is 5.26 Å². The third-order valence-corrected chi connectivity index (χ3v) is 2.99. The van der Waals surface area contributed by atoms with E-state index in [1.165, 1.54) is 16.5 Å². The van der Waals surface area contributed by atoms with Crippen LogP contribution in [0.2, 0.25) is 0 Å². The first-order valence-corrected chi connectivity index (χ1v) is 6.00. The van der Waals surface area contributed by atoms with Crippen LogP contribution >= 0.6 is 0 Å². The van der Waals surface area contributed by atoms with Gasteiger partial charge in [0.25, 0.3) is 0 Å². The van der Waals surface area contributed by atoms with E-state index < -0.39 is 0 Å². The van der Waals surface area contributed by atoms with Crippen LogP contribution in [-0.4, -0.2) is 4.98 Å². The van der Waals surface area contributed by atoms with Crippen LogP contribution in [0.4, 0.5) is 0 Å². The summed E-state index contributed by atoms with van der Waals surface area (Å²) in [6.45, 7) is 4.32. The van der Waals surface area contributed by atoms with Crippen LogP contribution in [0.5, 0.6) is 0 Å². The number of aromatic amines is 1. The molecule has 0 unspecified atom stereocenters. The number of allylic oxidation sites excluding steroid dienone is 2. The Balaban J connectivity index is 2.57. The SMILES string of the molecule is CC/C=C(\CC)c1c[nH]c2cc(C#N)ccc12. The lowest BCUT2D eigenvalue weighted by atomic mass is 10.0. The van der Waals surface area contributed by atoms with Crippen LogP contribution in [-0.2, 0) is 0 Å². The van der Waals surface area contributed by atoms with Crippen molar-refractivity contribution in [2.24, 2.45) is 0 Å². The molecule has 1 aromatic carbocycles. The second-order valence-corrected chi connectivity index (χ2v) is 4.07. The number of nitrogens with one attached hydrogen (secondary N) is 1. The lowest BCUT2D eigenvalue weighted by molar-refractivity contribution is 1.17. The lowest BCUT2D eigenvalue weighted by Crippen LogP contribution is -1.81. The number of aromatic nitrogens is 1. The summed E-state index contributed by atoms with van der Waals surface area (Å²) in [4.78, 5) is 3.24. The van der Waals surface area contributed by atoms with Crippen molar-refractivity contribution in [2.75, 3.05) is 0 Å². The van der Waals surface area contributed by atoms with Gasteiger partial charge < -0.3 is 4.98 Å². The van der Waals surface area contributed by atoms with Gasteiger partial charge in [-0.25, -0.2) is 0 Å². The monoisotopic (exact) mass is 224 g/mol. The molecule has 0 saturated carbocycles. The quantitative estimate of drug-likeness (QED) is 0.832. The van der Waals surface area contributed by atoms with E-state index in [1.54, 1.807) is 0 Å². The molecular formula is C15H16N2. The Morgan fingerprint density at radius 3 is 2.88 bits per heavy atom. The highest BCUT2D eigenvalue weighted by atomic mass is 14.7. The summed E-state index contributed by atoms with van der Waals surface area (Å²) in [5, 5.41) is 10.1. The van der Waals surface area contributed by atoms with Crippen molar-refractivity contribution in [3.8, 4) is 6.07 Å². The normalized spacial score (nSPS) is 11.7. The van der Waals surface area contributed by atoms with E-state index in [-0.39, 0.29) is 0 Å². The number of H-pyrrole nitrogens is 1. The Labute approximate surface area is 102 Å². The zero-order valence-corrected chi connectivity index (χ0v) is 10.2. The van der Waals surface area contributed by atoms with Gasteiger partial charge >= 0.3 is 0 Å². The van der Waals surface area contributed by atoms with Gasteiger partial charge in [0.05, 0.1) is 11.6 Å². The number of benzene rings is 1. The molecule has 0 spiro atoms. The van der Waals surface area contributed by atoms with E-state index in [0.717, 1.165) is 18.4 Å². The van der Waals surface area contributed by atoms with Gasteiger partial charge in [0, 0.05) is 22.7 Å². The van der Waals surface area contributed by atoms with Crippen molar-refractivity contribution in [1.82, 2.24) is 4.98 Å². The van der Waals surface area contributed by atoms with Crippen LogP contribution in [0.25, 0.3) is 16.5 Å². The predicted octanol–water partition coefficient (Wildman–Crippen LogP) is 4.24. The second kappa shape index (κ2) is 4.88. The third kappa shape index (κ3) is 2.09. The fourth-order valence-electron chi connectivity index (χ4n) is 2.15. The Bertz CT molecular complexity index is 597. The van der Waals surface area contributed by atoms with Gasteiger partial charge in [-0.05, 0) is 30.5 Å². The zero-order chi connectivity index (χ0) is 12.3. The standard InChI is InChI=1S/C15H16N2/c1-3-5-12(4-2)14-10-17-15-8-11(9-16)6-7-13(14)15/h5-8,10,17H,3-4H2,1-2H3/b12-5+. The summed E-state index contributed by atoms with van der Waals surface area (Å²) < 4.78 is 0. The maximum Gasteiger partial charge on any atom is 0.0992 e.